The summed E-state index contributed by atoms with van der Waals surface area (Å²) in [5, 5.41) is 0. The highest BCUT2D eigenvalue weighted by molar-refractivity contribution is 5.46. The molecule has 0 heterocycles. The Morgan fingerprint density at radius 1 is 1.06 bits per heavy atom. The summed E-state index contributed by atoms with van der Waals surface area (Å²) < 4.78 is 0. The second-order valence-corrected chi connectivity index (χ2v) is 4.35. The molecule has 0 N–H and O–H groups in total. The van der Waals surface area contributed by atoms with E-state index in [1.165, 1.54) is 37.7 Å². The van der Waals surface area contributed by atoms with Gasteiger partial charge in [0.25, 0.3) is 0 Å². The van der Waals surface area contributed by atoms with Crippen LogP contribution in [-0.2, 0) is 0 Å². The van der Waals surface area contributed by atoms with Crippen molar-refractivity contribution >= 4 is 6.08 Å². The molecule has 0 bridgehead atoms. The molecule has 0 fully saturated rings. The fourth-order valence-electron chi connectivity index (χ4n) is 1.87. The summed E-state index contributed by atoms with van der Waals surface area (Å²) in [5.41, 5.74) is 1.26. The molecule has 87 valence electrons. The minimum atomic E-state index is 0.644. The van der Waals surface area contributed by atoms with Gasteiger partial charge >= 0.3 is 0 Å². The molecule has 0 nitrogen and oxygen atoms in total. The van der Waals surface area contributed by atoms with Crippen molar-refractivity contribution in [3.8, 4) is 0 Å². The first-order valence-corrected chi connectivity index (χ1v) is 6.51. The molecule has 1 unspecified atom stereocenters. The van der Waals surface area contributed by atoms with Gasteiger partial charge in [-0.1, -0.05) is 69.5 Å². The highest BCUT2D eigenvalue weighted by atomic mass is 14.1. The number of hydrogen-bond donors (Lipinski definition) is 0. The fourth-order valence-corrected chi connectivity index (χ4v) is 1.87. The molecule has 1 rings (SSSR count). The maximum Gasteiger partial charge on any atom is -0.0159 e. The van der Waals surface area contributed by atoms with Gasteiger partial charge < -0.3 is 0 Å². The Morgan fingerprint density at radius 3 is 2.44 bits per heavy atom. The molecule has 0 aliphatic rings. The SMILES string of the molecule is CCCCC([C]=Cc1ccccc1)CCC. The molecule has 0 amide bonds. The van der Waals surface area contributed by atoms with E-state index in [1.54, 1.807) is 0 Å². The average Bonchev–Trinajstić information content (AvgIpc) is 2.34. The Bertz CT molecular complexity index is 284. The van der Waals surface area contributed by atoms with Gasteiger partial charge in [-0.3, -0.25) is 0 Å². The molecule has 1 radical (unpaired) electrons. The van der Waals surface area contributed by atoms with Crippen LogP contribution in [0.2, 0.25) is 0 Å². The van der Waals surface area contributed by atoms with Crippen LogP contribution >= 0.6 is 0 Å². The summed E-state index contributed by atoms with van der Waals surface area (Å²) in [7, 11) is 0. The lowest BCUT2D eigenvalue weighted by molar-refractivity contribution is 0.502. The third-order valence-corrected chi connectivity index (χ3v) is 2.83. The van der Waals surface area contributed by atoms with Crippen molar-refractivity contribution in [1.82, 2.24) is 0 Å². The predicted molar refractivity (Wildman–Crippen MR) is 72.1 cm³/mol. The van der Waals surface area contributed by atoms with Gasteiger partial charge in [-0.2, -0.15) is 0 Å². The molecule has 0 aliphatic carbocycles. The van der Waals surface area contributed by atoms with E-state index < -0.39 is 0 Å². The predicted octanol–water partition coefficient (Wildman–Crippen LogP) is 5.11. The van der Waals surface area contributed by atoms with Gasteiger partial charge in [0.15, 0.2) is 0 Å². The minimum absolute atomic E-state index is 0.644. The zero-order valence-corrected chi connectivity index (χ0v) is 10.6. The Hall–Kier alpha value is -1.04. The second kappa shape index (κ2) is 8.15. The first kappa shape index (κ1) is 13.0. The number of allylic oxidation sites excluding steroid dienone is 1. The summed E-state index contributed by atoms with van der Waals surface area (Å²) in [4.78, 5) is 0. The van der Waals surface area contributed by atoms with Gasteiger partial charge in [0.2, 0.25) is 0 Å². The van der Waals surface area contributed by atoms with Crippen LogP contribution in [0.1, 0.15) is 51.5 Å². The molecule has 16 heavy (non-hydrogen) atoms. The van der Waals surface area contributed by atoms with E-state index in [9.17, 15) is 0 Å². The van der Waals surface area contributed by atoms with E-state index in [0.717, 1.165) is 0 Å². The lowest BCUT2D eigenvalue weighted by Gasteiger charge is -2.09. The topological polar surface area (TPSA) is 0 Å². The van der Waals surface area contributed by atoms with Crippen molar-refractivity contribution in [2.24, 2.45) is 5.92 Å². The van der Waals surface area contributed by atoms with Crippen LogP contribution in [0.3, 0.4) is 0 Å². The molecular formula is C16H23. The van der Waals surface area contributed by atoms with E-state index in [4.69, 9.17) is 0 Å². The van der Waals surface area contributed by atoms with Crippen molar-refractivity contribution in [3.05, 3.63) is 42.0 Å². The van der Waals surface area contributed by atoms with Crippen LogP contribution < -0.4 is 0 Å². The Labute approximate surface area is 100 Å². The monoisotopic (exact) mass is 215 g/mol. The molecule has 0 spiro atoms. The van der Waals surface area contributed by atoms with E-state index in [-0.39, 0.29) is 0 Å². The van der Waals surface area contributed by atoms with Crippen molar-refractivity contribution in [1.29, 1.82) is 0 Å². The summed E-state index contributed by atoms with van der Waals surface area (Å²) in [5.74, 6) is 0.644. The molecule has 0 saturated carbocycles. The minimum Gasteiger partial charge on any atom is -0.0654 e. The Morgan fingerprint density at radius 2 is 1.81 bits per heavy atom. The quantitative estimate of drug-likeness (QED) is 0.593. The van der Waals surface area contributed by atoms with Crippen molar-refractivity contribution < 1.29 is 0 Å². The highest BCUT2D eigenvalue weighted by Gasteiger charge is 2.02. The molecule has 0 aromatic heterocycles. The maximum atomic E-state index is 3.55. The standard InChI is InChI=1S/C16H23/c1-3-5-10-15(9-4-2)13-14-16-11-7-6-8-12-16/h6-8,11-12,14-15H,3-5,9-10H2,1-2H3. The number of benzene rings is 1. The van der Waals surface area contributed by atoms with Crippen LogP contribution in [0.5, 0.6) is 0 Å². The molecule has 0 saturated heterocycles. The lowest BCUT2D eigenvalue weighted by Crippen LogP contribution is -1.96. The van der Waals surface area contributed by atoms with Crippen LogP contribution in [-0.4, -0.2) is 0 Å². The normalized spacial score (nSPS) is 13.1. The van der Waals surface area contributed by atoms with Crippen molar-refractivity contribution in [2.45, 2.75) is 46.0 Å². The Kier molecular flexibility index (Phi) is 6.64. The van der Waals surface area contributed by atoms with Crippen LogP contribution in [0, 0.1) is 12.0 Å². The average molecular weight is 215 g/mol. The van der Waals surface area contributed by atoms with Gasteiger partial charge in [0.05, 0.1) is 0 Å². The zero-order chi connectivity index (χ0) is 11.6. The summed E-state index contributed by atoms with van der Waals surface area (Å²) in [6, 6.07) is 10.5. The van der Waals surface area contributed by atoms with Crippen LogP contribution in [0.4, 0.5) is 0 Å². The fraction of sp³-hybridized carbons (Fsp3) is 0.500. The van der Waals surface area contributed by atoms with Crippen molar-refractivity contribution in [2.75, 3.05) is 0 Å². The van der Waals surface area contributed by atoms with E-state index in [1.807, 2.05) is 0 Å². The largest absolute Gasteiger partial charge is 0.0654 e. The summed E-state index contributed by atoms with van der Waals surface area (Å²) in [6.07, 6.45) is 12.1. The first-order chi connectivity index (χ1) is 7.86. The summed E-state index contributed by atoms with van der Waals surface area (Å²) >= 11 is 0. The molecule has 1 aromatic carbocycles. The van der Waals surface area contributed by atoms with Gasteiger partial charge in [0.1, 0.15) is 0 Å². The van der Waals surface area contributed by atoms with Gasteiger partial charge in [0, 0.05) is 0 Å². The smallest absolute Gasteiger partial charge is 0.0159 e. The molecule has 1 atom stereocenters. The number of rotatable bonds is 7. The van der Waals surface area contributed by atoms with Gasteiger partial charge in [-0.15, -0.1) is 0 Å². The molecule has 0 aliphatic heterocycles. The van der Waals surface area contributed by atoms with Gasteiger partial charge in [-0.25, -0.2) is 0 Å². The van der Waals surface area contributed by atoms with Crippen molar-refractivity contribution in [3.63, 3.8) is 0 Å². The molecular weight excluding hydrogens is 192 g/mol. The summed E-state index contributed by atoms with van der Waals surface area (Å²) in [6.45, 7) is 4.51. The molecule has 0 heteroatoms. The lowest BCUT2D eigenvalue weighted by atomic mass is 9.96. The second-order valence-electron chi connectivity index (χ2n) is 4.35. The van der Waals surface area contributed by atoms with Crippen LogP contribution in [0.15, 0.2) is 30.3 Å². The van der Waals surface area contributed by atoms with E-state index in [0.29, 0.717) is 5.92 Å². The first-order valence-electron chi connectivity index (χ1n) is 6.51. The number of unbranched alkanes of at least 4 members (excludes halogenated alkanes) is 1. The van der Waals surface area contributed by atoms with E-state index >= 15 is 0 Å². The third-order valence-electron chi connectivity index (χ3n) is 2.83. The highest BCUT2D eigenvalue weighted by Crippen LogP contribution is 2.17. The van der Waals surface area contributed by atoms with Gasteiger partial charge in [-0.05, 0) is 30.4 Å². The number of hydrogen-bond acceptors (Lipinski definition) is 0. The van der Waals surface area contributed by atoms with E-state index in [2.05, 4.69) is 56.3 Å². The third kappa shape index (κ3) is 5.16. The Balaban J connectivity index is 2.50. The zero-order valence-electron chi connectivity index (χ0n) is 10.6. The van der Waals surface area contributed by atoms with Crippen LogP contribution in [0.25, 0.3) is 6.08 Å². The molecule has 1 aromatic rings. The maximum absolute atomic E-state index is 3.55.